The number of nitrogens with zero attached hydrogens (tertiary/aromatic N) is 2. The van der Waals surface area contributed by atoms with Crippen molar-refractivity contribution in [2.45, 2.75) is 6.92 Å². The van der Waals surface area contributed by atoms with Crippen molar-refractivity contribution < 1.29 is 0 Å². The van der Waals surface area contributed by atoms with Crippen molar-refractivity contribution in [2.24, 2.45) is 5.84 Å². The van der Waals surface area contributed by atoms with Crippen LogP contribution in [0.15, 0.2) is 29.6 Å². The number of halogens is 1. The fraction of sp³-hybridized carbons (Fsp3) is 0.0769. The summed E-state index contributed by atoms with van der Waals surface area (Å²) in [6, 6.07) is 7.66. The number of fused-ring (bicyclic) bond motifs is 1. The minimum absolute atomic E-state index is 0.377. The highest BCUT2D eigenvalue weighted by Crippen LogP contribution is 2.30. The smallest absolute Gasteiger partial charge is 0.240 e. The second-order valence-electron chi connectivity index (χ2n) is 4.26. The number of anilines is 3. The zero-order chi connectivity index (χ0) is 14.1. The summed E-state index contributed by atoms with van der Waals surface area (Å²) >= 11 is 7.57. The predicted octanol–water partition coefficient (Wildman–Crippen LogP) is 3.68. The molecule has 4 N–H and O–H groups in total. The first-order chi connectivity index (χ1) is 9.67. The number of aryl methyl sites for hydroxylation is 1. The van der Waals surface area contributed by atoms with Gasteiger partial charge in [0.1, 0.15) is 10.6 Å². The van der Waals surface area contributed by atoms with Crippen LogP contribution in [0.1, 0.15) is 5.56 Å². The number of thiophene rings is 1. The molecule has 3 aromatic rings. The Balaban J connectivity index is 2.09. The molecule has 2 aromatic heterocycles. The normalized spacial score (nSPS) is 10.8. The molecule has 7 heteroatoms. The zero-order valence-electron chi connectivity index (χ0n) is 10.6. The van der Waals surface area contributed by atoms with Gasteiger partial charge < -0.3 is 5.32 Å². The van der Waals surface area contributed by atoms with Crippen molar-refractivity contribution in [3.63, 3.8) is 0 Å². The summed E-state index contributed by atoms with van der Waals surface area (Å²) in [5, 5.41) is 6.88. The van der Waals surface area contributed by atoms with Crippen molar-refractivity contribution in [3.05, 3.63) is 40.2 Å². The van der Waals surface area contributed by atoms with Gasteiger partial charge in [-0.25, -0.2) is 10.8 Å². The van der Waals surface area contributed by atoms with Gasteiger partial charge in [0.15, 0.2) is 0 Å². The molecule has 0 amide bonds. The molecule has 102 valence electrons. The molecular formula is C13H12ClN5S. The molecule has 2 heterocycles. The Morgan fingerprint density at radius 2 is 2.10 bits per heavy atom. The molecule has 0 aliphatic carbocycles. The van der Waals surface area contributed by atoms with Crippen molar-refractivity contribution >= 4 is 50.6 Å². The van der Waals surface area contributed by atoms with Gasteiger partial charge in [0.2, 0.25) is 5.95 Å². The van der Waals surface area contributed by atoms with Gasteiger partial charge in [-0.15, -0.1) is 11.3 Å². The van der Waals surface area contributed by atoms with Crippen LogP contribution in [0, 0.1) is 6.92 Å². The van der Waals surface area contributed by atoms with E-state index in [9.17, 15) is 0 Å². The fourth-order valence-electron chi connectivity index (χ4n) is 1.87. The second-order valence-corrected chi connectivity index (χ2v) is 5.59. The molecule has 5 nitrogen and oxygen atoms in total. The maximum atomic E-state index is 6.04. The Morgan fingerprint density at radius 1 is 1.25 bits per heavy atom. The number of rotatable bonds is 3. The maximum absolute atomic E-state index is 6.04. The molecule has 0 aliphatic heterocycles. The SMILES string of the molecule is Cc1ccc(Cl)cc1Nc1nc(NN)nc2sccc12. The molecule has 0 radical (unpaired) electrons. The van der Waals surface area contributed by atoms with Crippen LogP contribution in [0.25, 0.3) is 10.2 Å². The molecule has 3 rings (SSSR count). The average Bonchev–Trinajstić information content (AvgIpc) is 2.91. The number of hydrogen-bond acceptors (Lipinski definition) is 6. The lowest BCUT2D eigenvalue weighted by Crippen LogP contribution is -2.11. The van der Waals surface area contributed by atoms with Crippen LogP contribution >= 0.6 is 22.9 Å². The fourth-order valence-corrected chi connectivity index (χ4v) is 2.81. The minimum Gasteiger partial charge on any atom is -0.339 e. The Hall–Kier alpha value is -1.89. The molecule has 0 spiro atoms. The molecule has 1 aromatic carbocycles. The molecule has 0 aliphatic rings. The lowest BCUT2D eigenvalue weighted by Gasteiger charge is -2.11. The highest BCUT2D eigenvalue weighted by molar-refractivity contribution is 7.16. The van der Waals surface area contributed by atoms with E-state index in [1.807, 2.05) is 36.6 Å². The van der Waals surface area contributed by atoms with Gasteiger partial charge in [0.05, 0.1) is 5.39 Å². The number of benzene rings is 1. The third-order valence-corrected chi connectivity index (χ3v) is 3.95. The summed E-state index contributed by atoms with van der Waals surface area (Å²) in [4.78, 5) is 9.53. The van der Waals surface area contributed by atoms with Crippen LogP contribution in [-0.4, -0.2) is 9.97 Å². The molecular weight excluding hydrogens is 294 g/mol. The van der Waals surface area contributed by atoms with Crippen LogP contribution < -0.4 is 16.6 Å². The second kappa shape index (κ2) is 5.24. The van der Waals surface area contributed by atoms with E-state index in [0.717, 1.165) is 21.5 Å². The maximum Gasteiger partial charge on any atom is 0.240 e. The molecule has 0 saturated heterocycles. The lowest BCUT2D eigenvalue weighted by atomic mass is 10.2. The van der Waals surface area contributed by atoms with Gasteiger partial charge in [-0.3, -0.25) is 5.43 Å². The summed E-state index contributed by atoms with van der Waals surface area (Å²) in [6.45, 7) is 2.01. The van der Waals surface area contributed by atoms with Gasteiger partial charge in [-0.05, 0) is 36.1 Å². The van der Waals surface area contributed by atoms with E-state index in [1.165, 1.54) is 11.3 Å². The molecule has 0 saturated carbocycles. The minimum atomic E-state index is 0.377. The number of aromatic nitrogens is 2. The molecule has 0 unspecified atom stereocenters. The predicted molar refractivity (Wildman–Crippen MR) is 84.7 cm³/mol. The highest BCUT2D eigenvalue weighted by Gasteiger charge is 2.10. The van der Waals surface area contributed by atoms with E-state index >= 15 is 0 Å². The first kappa shape index (κ1) is 13.1. The average molecular weight is 306 g/mol. The van der Waals surface area contributed by atoms with E-state index in [1.54, 1.807) is 0 Å². The third kappa shape index (κ3) is 2.40. The molecule has 0 bridgehead atoms. The zero-order valence-corrected chi connectivity index (χ0v) is 12.2. The third-order valence-electron chi connectivity index (χ3n) is 2.91. The van der Waals surface area contributed by atoms with Crippen LogP contribution in [0.5, 0.6) is 0 Å². The summed E-state index contributed by atoms with van der Waals surface area (Å²) in [7, 11) is 0. The molecule has 20 heavy (non-hydrogen) atoms. The summed E-state index contributed by atoms with van der Waals surface area (Å²) in [5.41, 5.74) is 4.47. The molecule has 0 atom stereocenters. The lowest BCUT2D eigenvalue weighted by molar-refractivity contribution is 1.16. The van der Waals surface area contributed by atoms with E-state index < -0.39 is 0 Å². The number of nitrogens with two attached hydrogens (primary N) is 1. The Kier molecular flexibility index (Phi) is 3.43. The number of hydrazine groups is 1. The van der Waals surface area contributed by atoms with Crippen molar-refractivity contribution in [3.8, 4) is 0 Å². The van der Waals surface area contributed by atoms with Crippen LogP contribution in [-0.2, 0) is 0 Å². The molecule has 0 fully saturated rings. The van der Waals surface area contributed by atoms with Crippen LogP contribution in [0.3, 0.4) is 0 Å². The van der Waals surface area contributed by atoms with Gasteiger partial charge in [0.25, 0.3) is 0 Å². The van der Waals surface area contributed by atoms with E-state index in [2.05, 4.69) is 20.7 Å². The van der Waals surface area contributed by atoms with Gasteiger partial charge in [-0.1, -0.05) is 17.7 Å². The Morgan fingerprint density at radius 3 is 2.90 bits per heavy atom. The Bertz CT molecular complexity index is 771. The van der Waals surface area contributed by atoms with Crippen LogP contribution in [0.2, 0.25) is 5.02 Å². The monoisotopic (exact) mass is 305 g/mol. The van der Waals surface area contributed by atoms with Crippen molar-refractivity contribution in [1.29, 1.82) is 0 Å². The van der Waals surface area contributed by atoms with E-state index in [-0.39, 0.29) is 0 Å². The highest BCUT2D eigenvalue weighted by atomic mass is 35.5. The van der Waals surface area contributed by atoms with Crippen LogP contribution in [0.4, 0.5) is 17.5 Å². The summed E-state index contributed by atoms with van der Waals surface area (Å²) < 4.78 is 0. The number of hydrogen-bond donors (Lipinski definition) is 3. The van der Waals surface area contributed by atoms with E-state index in [4.69, 9.17) is 17.4 Å². The summed E-state index contributed by atoms with van der Waals surface area (Å²) in [5.74, 6) is 6.49. The first-order valence-electron chi connectivity index (χ1n) is 5.92. The first-order valence-corrected chi connectivity index (χ1v) is 7.18. The van der Waals surface area contributed by atoms with E-state index in [0.29, 0.717) is 16.8 Å². The standard InChI is InChI=1S/C13H12ClN5S/c1-7-2-3-8(14)6-10(7)16-11-9-4-5-20-12(9)18-13(17-11)19-15/h2-6H,15H2,1H3,(H2,16,17,18,19). The largest absolute Gasteiger partial charge is 0.339 e. The van der Waals surface area contributed by atoms with Gasteiger partial charge in [0, 0.05) is 10.7 Å². The van der Waals surface area contributed by atoms with Gasteiger partial charge >= 0.3 is 0 Å². The number of nitrogen functional groups attached to an aromatic ring is 1. The quantitative estimate of drug-likeness (QED) is 0.508. The summed E-state index contributed by atoms with van der Waals surface area (Å²) in [6.07, 6.45) is 0. The number of nitrogens with one attached hydrogen (secondary N) is 2. The Labute approximate surface area is 124 Å². The van der Waals surface area contributed by atoms with Crippen molar-refractivity contribution in [2.75, 3.05) is 10.7 Å². The van der Waals surface area contributed by atoms with Gasteiger partial charge in [-0.2, -0.15) is 4.98 Å². The van der Waals surface area contributed by atoms with Crippen molar-refractivity contribution in [1.82, 2.24) is 9.97 Å². The topological polar surface area (TPSA) is 75.9 Å².